The van der Waals surface area contributed by atoms with E-state index in [0.717, 1.165) is 43.2 Å². The van der Waals surface area contributed by atoms with Crippen LogP contribution in [-0.2, 0) is 6.61 Å². The summed E-state index contributed by atoms with van der Waals surface area (Å²) in [6.45, 7) is 4.25. The second-order valence-corrected chi connectivity index (χ2v) is 5.15. The third-order valence-electron chi connectivity index (χ3n) is 3.65. The number of nitrogens with two attached hydrogens (primary N) is 1. The summed E-state index contributed by atoms with van der Waals surface area (Å²) in [5.74, 6) is 0.740. The van der Waals surface area contributed by atoms with E-state index in [1.165, 1.54) is 0 Å². The highest BCUT2D eigenvalue weighted by Gasteiger charge is 2.12. The molecule has 0 spiro atoms. The standard InChI is InChI=1S/C17H20N3O/c18-16-12-15(20-10-8-19-9-11-20)6-7-17(16)21-13-14-4-2-1-3-5-14/h1-7,12H,8-11,13,18H2. The van der Waals surface area contributed by atoms with Gasteiger partial charge in [-0.1, -0.05) is 30.3 Å². The minimum atomic E-state index is 0.535. The molecule has 2 aromatic rings. The van der Waals surface area contributed by atoms with E-state index in [2.05, 4.69) is 16.3 Å². The summed E-state index contributed by atoms with van der Waals surface area (Å²) in [6, 6.07) is 16.1. The van der Waals surface area contributed by atoms with E-state index in [0.29, 0.717) is 12.3 Å². The Bertz CT molecular complexity index is 580. The third kappa shape index (κ3) is 3.47. The number of piperazine rings is 1. The number of hydrogen-bond donors (Lipinski definition) is 1. The molecule has 1 saturated heterocycles. The second-order valence-electron chi connectivity index (χ2n) is 5.15. The van der Waals surface area contributed by atoms with Crippen LogP contribution < -0.4 is 20.7 Å². The van der Waals surface area contributed by atoms with E-state index in [1.54, 1.807) is 0 Å². The molecular formula is C17H20N3O. The summed E-state index contributed by atoms with van der Waals surface area (Å²) >= 11 is 0. The minimum Gasteiger partial charge on any atom is -0.487 e. The summed E-state index contributed by atoms with van der Waals surface area (Å²) < 4.78 is 5.80. The lowest BCUT2D eigenvalue weighted by atomic mass is 10.2. The van der Waals surface area contributed by atoms with Gasteiger partial charge in [0.1, 0.15) is 12.4 Å². The Morgan fingerprint density at radius 3 is 2.52 bits per heavy atom. The minimum absolute atomic E-state index is 0.535. The van der Waals surface area contributed by atoms with E-state index in [-0.39, 0.29) is 0 Å². The van der Waals surface area contributed by atoms with Crippen molar-refractivity contribution in [3.05, 3.63) is 54.1 Å². The number of nitrogens with zero attached hydrogens (tertiary/aromatic N) is 2. The first-order valence-corrected chi connectivity index (χ1v) is 7.27. The van der Waals surface area contributed by atoms with Crippen molar-refractivity contribution in [3.63, 3.8) is 0 Å². The van der Waals surface area contributed by atoms with E-state index in [1.807, 2.05) is 42.5 Å². The van der Waals surface area contributed by atoms with Crippen molar-refractivity contribution in [2.75, 3.05) is 36.8 Å². The van der Waals surface area contributed by atoms with Crippen molar-refractivity contribution < 1.29 is 4.74 Å². The Morgan fingerprint density at radius 1 is 1.05 bits per heavy atom. The molecule has 0 atom stereocenters. The highest BCUT2D eigenvalue weighted by atomic mass is 16.5. The van der Waals surface area contributed by atoms with Crippen molar-refractivity contribution in [1.29, 1.82) is 0 Å². The topological polar surface area (TPSA) is 52.6 Å². The van der Waals surface area contributed by atoms with Crippen molar-refractivity contribution in [2.24, 2.45) is 0 Å². The van der Waals surface area contributed by atoms with Crippen LogP contribution in [0.5, 0.6) is 5.75 Å². The summed E-state index contributed by atoms with van der Waals surface area (Å²) in [4.78, 5) is 2.31. The molecule has 1 radical (unpaired) electrons. The maximum atomic E-state index is 6.12. The van der Waals surface area contributed by atoms with Gasteiger partial charge in [-0.3, -0.25) is 0 Å². The first kappa shape index (κ1) is 13.8. The molecule has 4 nitrogen and oxygen atoms in total. The molecule has 0 saturated carbocycles. The highest BCUT2D eigenvalue weighted by Crippen LogP contribution is 2.28. The van der Waals surface area contributed by atoms with Crippen molar-refractivity contribution in [1.82, 2.24) is 5.32 Å². The Hall–Kier alpha value is -2.20. The zero-order chi connectivity index (χ0) is 14.5. The van der Waals surface area contributed by atoms with Gasteiger partial charge in [0.2, 0.25) is 0 Å². The van der Waals surface area contributed by atoms with Crippen LogP contribution in [0.1, 0.15) is 5.56 Å². The lowest BCUT2D eigenvalue weighted by Crippen LogP contribution is -2.40. The molecule has 109 valence electrons. The molecule has 21 heavy (non-hydrogen) atoms. The van der Waals surface area contributed by atoms with Crippen LogP contribution in [0.4, 0.5) is 11.4 Å². The van der Waals surface area contributed by atoms with Crippen molar-refractivity contribution in [3.8, 4) is 5.75 Å². The van der Waals surface area contributed by atoms with Crippen LogP contribution >= 0.6 is 0 Å². The summed E-state index contributed by atoms with van der Waals surface area (Å²) in [6.07, 6.45) is 0. The van der Waals surface area contributed by atoms with Gasteiger partial charge in [0.05, 0.1) is 5.69 Å². The lowest BCUT2D eigenvalue weighted by molar-refractivity contribution is 0.308. The predicted molar refractivity (Wildman–Crippen MR) is 85.7 cm³/mol. The van der Waals surface area contributed by atoms with Gasteiger partial charge in [-0.25, -0.2) is 5.32 Å². The maximum absolute atomic E-state index is 6.12. The lowest BCUT2D eigenvalue weighted by Gasteiger charge is -2.29. The number of rotatable bonds is 4. The van der Waals surface area contributed by atoms with Crippen LogP contribution in [0.25, 0.3) is 0 Å². The quantitative estimate of drug-likeness (QED) is 0.875. The second kappa shape index (κ2) is 6.50. The van der Waals surface area contributed by atoms with E-state index in [9.17, 15) is 0 Å². The Morgan fingerprint density at radius 2 is 1.81 bits per heavy atom. The van der Waals surface area contributed by atoms with Gasteiger partial charge in [0.25, 0.3) is 0 Å². The van der Waals surface area contributed by atoms with Gasteiger partial charge >= 0.3 is 0 Å². The summed E-state index contributed by atoms with van der Waals surface area (Å²) in [5, 5.41) is 4.36. The fraction of sp³-hybridized carbons (Fsp3) is 0.294. The van der Waals surface area contributed by atoms with Crippen LogP contribution in [0.15, 0.2) is 48.5 Å². The summed E-state index contributed by atoms with van der Waals surface area (Å²) in [5.41, 5.74) is 9.09. The number of ether oxygens (including phenoxy) is 1. The molecule has 1 fully saturated rings. The Labute approximate surface area is 125 Å². The molecule has 0 bridgehead atoms. The Kier molecular flexibility index (Phi) is 4.26. The highest BCUT2D eigenvalue weighted by molar-refractivity contribution is 5.63. The van der Waals surface area contributed by atoms with E-state index < -0.39 is 0 Å². The molecule has 1 aliphatic heterocycles. The average molecular weight is 282 g/mol. The smallest absolute Gasteiger partial charge is 0.142 e. The third-order valence-corrected chi connectivity index (χ3v) is 3.65. The van der Waals surface area contributed by atoms with Crippen LogP contribution in [-0.4, -0.2) is 26.2 Å². The monoisotopic (exact) mass is 282 g/mol. The molecule has 1 aliphatic rings. The normalized spacial score (nSPS) is 15.0. The van der Waals surface area contributed by atoms with Gasteiger partial charge < -0.3 is 15.4 Å². The van der Waals surface area contributed by atoms with Crippen LogP contribution in [0.2, 0.25) is 0 Å². The average Bonchev–Trinajstić information content (AvgIpc) is 2.55. The molecule has 1 heterocycles. The number of nitrogen functional groups attached to an aromatic ring is 1. The SMILES string of the molecule is Nc1cc(N2CC[N]CC2)ccc1OCc1ccccc1. The number of benzene rings is 2. The molecular weight excluding hydrogens is 262 g/mol. The molecule has 0 aromatic heterocycles. The van der Waals surface area contributed by atoms with Gasteiger partial charge in [-0.05, 0) is 23.8 Å². The first-order valence-electron chi connectivity index (χ1n) is 7.27. The summed E-state index contributed by atoms with van der Waals surface area (Å²) in [7, 11) is 0. The van der Waals surface area contributed by atoms with Gasteiger partial charge in [-0.2, -0.15) is 0 Å². The molecule has 0 aliphatic carbocycles. The zero-order valence-corrected chi connectivity index (χ0v) is 12.0. The molecule has 2 N–H and O–H groups in total. The van der Waals surface area contributed by atoms with Crippen LogP contribution in [0.3, 0.4) is 0 Å². The predicted octanol–water partition coefficient (Wildman–Crippen LogP) is 2.27. The van der Waals surface area contributed by atoms with Crippen molar-refractivity contribution in [2.45, 2.75) is 6.61 Å². The Balaban J connectivity index is 1.66. The van der Waals surface area contributed by atoms with Gasteiger partial charge in [-0.15, -0.1) is 0 Å². The fourth-order valence-corrected chi connectivity index (χ4v) is 2.46. The van der Waals surface area contributed by atoms with Gasteiger partial charge in [0.15, 0.2) is 0 Å². The number of hydrogen-bond acceptors (Lipinski definition) is 3. The largest absolute Gasteiger partial charge is 0.487 e. The van der Waals surface area contributed by atoms with Crippen LogP contribution in [0, 0.1) is 0 Å². The molecule has 4 heteroatoms. The maximum Gasteiger partial charge on any atom is 0.142 e. The molecule has 3 rings (SSSR count). The molecule has 0 unspecified atom stereocenters. The first-order chi connectivity index (χ1) is 10.3. The molecule has 0 amide bonds. The van der Waals surface area contributed by atoms with E-state index >= 15 is 0 Å². The number of anilines is 2. The van der Waals surface area contributed by atoms with E-state index in [4.69, 9.17) is 10.5 Å². The molecule has 2 aromatic carbocycles. The van der Waals surface area contributed by atoms with Crippen molar-refractivity contribution >= 4 is 11.4 Å². The fourth-order valence-electron chi connectivity index (χ4n) is 2.46. The van der Waals surface area contributed by atoms with Gasteiger partial charge in [0, 0.05) is 31.9 Å². The zero-order valence-electron chi connectivity index (χ0n) is 12.0.